The third-order valence-electron chi connectivity index (χ3n) is 2.48. The number of anilines is 1. The van der Waals surface area contributed by atoms with E-state index in [1.807, 2.05) is 6.92 Å². The molecule has 1 N–H and O–H groups in total. The van der Waals surface area contributed by atoms with Gasteiger partial charge in [-0.3, -0.25) is 4.72 Å². The van der Waals surface area contributed by atoms with Crippen LogP contribution in [0.4, 0.5) is 5.69 Å². The van der Waals surface area contributed by atoms with Crippen molar-refractivity contribution in [3.8, 4) is 0 Å². The van der Waals surface area contributed by atoms with Crippen molar-refractivity contribution in [2.45, 2.75) is 11.9 Å². The number of benzene rings is 1. The van der Waals surface area contributed by atoms with Gasteiger partial charge in [0.05, 0.1) is 5.69 Å². The molecule has 0 fully saturated rings. The lowest BCUT2D eigenvalue weighted by Gasteiger charge is -2.11. The maximum absolute atomic E-state index is 12.3. The van der Waals surface area contributed by atoms with Crippen LogP contribution in [0.25, 0.3) is 0 Å². The SMILES string of the molecule is Cc1cc(Br)c(NS(=O)(=O)c2c(Br)nnn2C)cc1Cl. The summed E-state index contributed by atoms with van der Waals surface area (Å²) in [5.74, 6) is 0. The molecule has 2 rings (SSSR count). The molecular weight excluding hydrogens is 435 g/mol. The molecule has 0 radical (unpaired) electrons. The fourth-order valence-electron chi connectivity index (χ4n) is 1.53. The first-order valence-corrected chi connectivity index (χ1v) is 8.70. The van der Waals surface area contributed by atoms with E-state index in [0.717, 1.165) is 10.2 Å². The number of aromatic nitrogens is 3. The van der Waals surface area contributed by atoms with Crippen molar-refractivity contribution < 1.29 is 8.42 Å². The predicted molar refractivity (Wildman–Crippen MR) is 83.4 cm³/mol. The van der Waals surface area contributed by atoms with E-state index in [2.05, 4.69) is 46.9 Å². The van der Waals surface area contributed by atoms with Gasteiger partial charge >= 0.3 is 0 Å². The second-order valence-corrected chi connectivity index (χ2v) is 7.61. The predicted octanol–water partition coefficient (Wildman–Crippen LogP) is 3.10. The summed E-state index contributed by atoms with van der Waals surface area (Å²) in [7, 11) is -2.34. The van der Waals surface area contributed by atoms with Crippen LogP contribution >= 0.6 is 43.5 Å². The van der Waals surface area contributed by atoms with Gasteiger partial charge in [0, 0.05) is 16.5 Å². The molecule has 108 valence electrons. The lowest BCUT2D eigenvalue weighted by Crippen LogP contribution is -2.17. The van der Waals surface area contributed by atoms with Crippen molar-refractivity contribution in [1.82, 2.24) is 15.0 Å². The smallest absolute Gasteiger partial charge is 0.277 e. The van der Waals surface area contributed by atoms with Crippen molar-refractivity contribution >= 4 is 59.2 Å². The molecule has 0 atom stereocenters. The van der Waals surface area contributed by atoms with E-state index in [1.165, 1.54) is 13.1 Å². The molecule has 0 bridgehead atoms. The van der Waals surface area contributed by atoms with Crippen LogP contribution in [-0.4, -0.2) is 23.4 Å². The highest BCUT2D eigenvalue weighted by molar-refractivity contribution is 9.10. The Hall–Kier alpha value is -0.640. The zero-order valence-corrected chi connectivity index (χ0v) is 15.1. The first kappa shape index (κ1) is 15.7. The van der Waals surface area contributed by atoms with Gasteiger partial charge in [-0.15, -0.1) is 5.10 Å². The van der Waals surface area contributed by atoms with Crippen LogP contribution in [0.1, 0.15) is 5.56 Å². The Bertz CT molecular complexity index is 756. The minimum atomic E-state index is -3.83. The van der Waals surface area contributed by atoms with E-state index in [0.29, 0.717) is 15.2 Å². The molecule has 10 heteroatoms. The highest BCUT2D eigenvalue weighted by Crippen LogP contribution is 2.31. The van der Waals surface area contributed by atoms with Gasteiger partial charge in [0.2, 0.25) is 5.03 Å². The summed E-state index contributed by atoms with van der Waals surface area (Å²) in [5.41, 5.74) is 1.18. The summed E-state index contributed by atoms with van der Waals surface area (Å²) in [6.07, 6.45) is 0. The fraction of sp³-hybridized carbons (Fsp3) is 0.200. The van der Waals surface area contributed by atoms with Crippen LogP contribution in [-0.2, 0) is 17.1 Å². The number of sulfonamides is 1. The Labute approximate surface area is 137 Å². The van der Waals surface area contributed by atoms with Crippen molar-refractivity contribution in [1.29, 1.82) is 0 Å². The maximum atomic E-state index is 12.3. The van der Waals surface area contributed by atoms with Gasteiger partial charge in [-0.2, -0.15) is 8.42 Å². The molecule has 0 saturated carbocycles. The second kappa shape index (κ2) is 5.63. The standard InChI is InChI=1S/C10H9Br2ClN4O2S/c1-5-3-6(11)8(4-7(5)13)15-20(18,19)10-9(12)14-16-17(10)2/h3-4,15H,1-2H3. The number of rotatable bonds is 3. The van der Waals surface area contributed by atoms with Crippen molar-refractivity contribution in [2.24, 2.45) is 7.05 Å². The summed E-state index contributed by atoms with van der Waals surface area (Å²) in [4.78, 5) is 0. The van der Waals surface area contributed by atoms with Crippen molar-refractivity contribution in [3.05, 3.63) is 31.8 Å². The molecule has 20 heavy (non-hydrogen) atoms. The van der Waals surface area contributed by atoms with Crippen molar-refractivity contribution in [3.63, 3.8) is 0 Å². The average molecular weight is 445 g/mol. The molecule has 1 aromatic carbocycles. The first-order chi connectivity index (χ1) is 9.22. The largest absolute Gasteiger partial charge is 0.281 e. The minimum Gasteiger partial charge on any atom is -0.277 e. The summed E-state index contributed by atoms with van der Waals surface area (Å²) >= 11 is 12.4. The van der Waals surface area contributed by atoms with E-state index in [-0.39, 0.29) is 9.63 Å². The lowest BCUT2D eigenvalue weighted by molar-refractivity contribution is 0.578. The lowest BCUT2D eigenvalue weighted by atomic mass is 10.2. The summed E-state index contributed by atoms with van der Waals surface area (Å²) in [5, 5.41) is 7.69. The Morgan fingerprint density at radius 1 is 1.35 bits per heavy atom. The van der Waals surface area contributed by atoms with Gasteiger partial charge < -0.3 is 0 Å². The second-order valence-electron chi connectivity index (χ2n) is 4.00. The molecule has 0 spiro atoms. The number of hydrogen-bond acceptors (Lipinski definition) is 4. The molecule has 0 aliphatic heterocycles. The molecule has 0 amide bonds. The van der Waals surface area contributed by atoms with E-state index in [4.69, 9.17) is 11.6 Å². The quantitative estimate of drug-likeness (QED) is 0.789. The van der Waals surface area contributed by atoms with Gasteiger partial charge in [-0.1, -0.05) is 16.8 Å². The summed E-state index contributed by atoms with van der Waals surface area (Å²) in [6.45, 7) is 1.83. The molecule has 0 aliphatic rings. The molecule has 0 aliphatic carbocycles. The first-order valence-electron chi connectivity index (χ1n) is 5.26. The van der Waals surface area contributed by atoms with Gasteiger partial charge in [0.1, 0.15) is 0 Å². The number of nitrogens with zero attached hydrogens (tertiary/aromatic N) is 3. The van der Waals surface area contributed by atoms with Crippen LogP contribution in [0.15, 0.2) is 26.2 Å². The van der Waals surface area contributed by atoms with Crippen LogP contribution in [0.5, 0.6) is 0 Å². The van der Waals surface area contributed by atoms with Gasteiger partial charge in [-0.05, 0) is 56.5 Å². The normalized spacial score (nSPS) is 11.7. The highest BCUT2D eigenvalue weighted by atomic mass is 79.9. The van der Waals surface area contributed by atoms with Crippen molar-refractivity contribution in [2.75, 3.05) is 4.72 Å². The van der Waals surface area contributed by atoms with E-state index in [1.54, 1.807) is 6.07 Å². The number of hydrogen-bond donors (Lipinski definition) is 1. The Morgan fingerprint density at radius 3 is 2.55 bits per heavy atom. The average Bonchev–Trinajstić information content (AvgIpc) is 2.66. The maximum Gasteiger partial charge on any atom is 0.281 e. The third-order valence-corrected chi connectivity index (χ3v) is 5.80. The Balaban J connectivity index is 2.47. The third kappa shape index (κ3) is 3.00. The molecule has 0 unspecified atom stereocenters. The molecular formula is C10H9Br2ClN4O2S. The van der Waals surface area contributed by atoms with E-state index in [9.17, 15) is 8.42 Å². The number of aryl methyl sites for hydroxylation is 2. The van der Waals surface area contributed by atoms with E-state index >= 15 is 0 Å². The van der Waals surface area contributed by atoms with Gasteiger partial charge in [0.15, 0.2) is 4.60 Å². The zero-order chi connectivity index (χ0) is 15.1. The monoisotopic (exact) mass is 442 g/mol. The summed E-state index contributed by atoms with van der Waals surface area (Å²) < 4.78 is 29.0. The highest BCUT2D eigenvalue weighted by Gasteiger charge is 2.24. The molecule has 1 aromatic heterocycles. The van der Waals surface area contributed by atoms with Crippen LogP contribution < -0.4 is 4.72 Å². The van der Waals surface area contributed by atoms with Gasteiger partial charge in [0.25, 0.3) is 10.0 Å². The number of halogens is 3. The Morgan fingerprint density at radius 2 is 2.00 bits per heavy atom. The van der Waals surface area contributed by atoms with Gasteiger partial charge in [-0.25, -0.2) is 4.68 Å². The molecule has 0 saturated heterocycles. The fourth-order valence-corrected chi connectivity index (χ4v) is 4.55. The Kier molecular flexibility index (Phi) is 4.43. The number of nitrogens with one attached hydrogen (secondary N) is 1. The summed E-state index contributed by atoms with van der Waals surface area (Å²) in [6, 6.07) is 3.27. The zero-order valence-electron chi connectivity index (χ0n) is 10.4. The molecule has 6 nitrogen and oxygen atoms in total. The topological polar surface area (TPSA) is 76.9 Å². The van der Waals surface area contributed by atoms with Crippen LogP contribution in [0.3, 0.4) is 0 Å². The van der Waals surface area contributed by atoms with Crippen LogP contribution in [0.2, 0.25) is 5.02 Å². The molecule has 2 aromatic rings. The minimum absolute atomic E-state index is 0.0684. The molecule has 1 heterocycles. The van der Waals surface area contributed by atoms with Crippen LogP contribution in [0, 0.1) is 6.92 Å². The van der Waals surface area contributed by atoms with E-state index < -0.39 is 10.0 Å².